The average Bonchev–Trinajstić information content (AvgIpc) is 3.28. The van der Waals surface area contributed by atoms with Crippen LogP contribution < -0.4 is 15.0 Å². The Morgan fingerprint density at radius 2 is 2.07 bits per heavy atom. The molecular formula is C20H21N3O3S. The van der Waals surface area contributed by atoms with Gasteiger partial charge in [-0.2, -0.15) is 0 Å². The quantitative estimate of drug-likeness (QED) is 0.695. The first kappa shape index (κ1) is 16.8. The Morgan fingerprint density at radius 1 is 1.22 bits per heavy atom. The third-order valence-electron chi connectivity index (χ3n) is 5.31. The number of nitrogens with zero attached hydrogens (tertiary/aromatic N) is 3. The second-order valence-electron chi connectivity index (χ2n) is 7.11. The summed E-state index contributed by atoms with van der Waals surface area (Å²) in [7, 11) is 0. The van der Waals surface area contributed by atoms with Gasteiger partial charge in [-0.15, -0.1) is 11.3 Å². The van der Waals surface area contributed by atoms with Crippen LogP contribution in [0.3, 0.4) is 0 Å². The number of rotatable bonds is 3. The lowest BCUT2D eigenvalue weighted by Gasteiger charge is -2.26. The van der Waals surface area contributed by atoms with E-state index in [1.807, 2.05) is 18.4 Å². The summed E-state index contributed by atoms with van der Waals surface area (Å²) in [5.74, 6) is 1.65. The largest absolute Gasteiger partial charge is 0.486 e. The molecule has 27 heavy (non-hydrogen) atoms. The van der Waals surface area contributed by atoms with E-state index in [1.165, 1.54) is 16.9 Å². The molecule has 1 fully saturated rings. The number of hydrogen-bond acceptors (Lipinski definition) is 6. The number of ether oxygens (including phenoxy) is 2. The van der Waals surface area contributed by atoms with E-state index >= 15 is 0 Å². The van der Waals surface area contributed by atoms with Crippen LogP contribution in [0.5, 0.6) is 11.5 Å². The SMILES string of the molecule is Cc1csc2nc(CN3CCC[C@@H]3c3ccc4c(c3)OCCO4)cc(=O)n12. The van der Waals surface area contributed by atoms with E-state index in [2.05, 4.69) is 17.0 Å². The lowest BCUT2D eigenvalue weighted by molar-refractivity contribution is 0.170. The van der Waals surface area contributed by atoms with Gasteiger partial charge in [0.25, 0.3) is 5.56 Å². The van der Waals surface area contributed by atoms with Crippen molar-refractivity contribution in [3.8, 4) is 11.5 Å². The number of benzene rings is 1. The molecule has 0 N–H and O–H groups in total. The van der Waals surface area contributed by atoms with Crippen molar-refractivity contribution >= 4 is 16.3 Å². The van der Waals surface area contributed by atoms with Crippen molar-refractivity contribution in [2.45, 2.75) is 32.4 Å². The first-order chi connectivity index (χ1) is 13.2. The molecule has 0 aliphatic carbocycles. The monoisotopic (exact) mass is 383 g/mol. The summed E-state index contributed by atoms with van der Waals surface area (Å²) in [5, 5.41) is 1.97. The minimum Gasteiger partial charge on any atom is -0.486 e. The van der Waals surface area contributed by atoms with Crippen LogP contribution in [0.4, 0.5) is 0 Å². The molecule has 140 valence electrons. The molecule has 6 nitrogen and oxygen atoms in total. The van der Waals surface area contributed by atoms with Gasteiger partial charge in [0.15, 0.2) is 16.5 Å². The van der Waals surface area contributed by atoms with Crippen LogP contribution in [0.2, 0.25) is 0 Å². The fourth-order valence-corrected chi connectivity index (χ4v) is 4.94. The second kappa shape index (κ2) is 6.65. The molecule has 0 saturated carbocycles. The molecular weight excluding hydrogens is 362 g/mol. The van der Waals surface area contributed by atoms with Gasteiger partial charge in [-0.3, -0.25) is 14.1 Å². The van der Waals surface area contributed by atoms with E-state index in [0.29, 0.717) is 25.8 Å². The first-order valence-electron chi connectivity index (χ1n) is 9.29. The predicted octanol–water partition coefficient (Wildman–Crippen LogP) is 3.17. The Kier molecular flexibility index (Phi) is 4.13. The fraction of sp³-hybridized carbons (Fsp3) is 0.400. The molecule has 0 unspecified atom stereocenters. The van der Waals surface area contributed by atoms with Gasteiger partial charge >= 0.3 is 0 Å². The smallest absolute Gasteiger partial charge is 0.259 e. The summed E-state index contributed by atoms with van der Waals surface area (Å²) in [6.07, 6.45) is 2.23. The van der Waals surface area contributed by atoms with E-state index in [1.54, 1.807) is 10.5 Å². The minimum atomic E-state index is 0.00354. The number of likely N-dealkylation sites (tertiary alicyclic amines) is 1. The molecule has 1 aromatic carbocycles. The Hall–Kier alpha value is -2.38. The molecule has 2 aliphatic heterocycles. The van der Waals surface area contributed by atoms with Crippen molar-refractivity contribution in [1.29, 1.82) is 0 Å². The van der Waals surface area contributed by atoms with Crippen LogP contribution in [0.25, 0.3) is 4.96 Å². The lowest BCUT2D eigenvalue weighted by atomic mass is 10.0. The predicted molar refractivity (Wildman–Crippen MR) is 104 cm³/mol. The van der Waals surface area contributed by atoms with Gasteiger partial charge in [-0.25, -0.2) is 4.98 Å². The highest BCUT2D eigenvalue weighted by molar-refractivity contribution is 7.15. The molecule has 5 rings (SSSR count). The Bertz CT molecular complexity index is 1060. The van der Waals surface area contributed by atoms with Gasteiger partial charge in [-0.1, -0.05) is 6.07 Å². The van der Waals surface area contributed by atoms with Crippen molar-refractivity contribution in [2.24, 2.45) is 0 Å². The molecule has 2 aliphatic rings. The zero-order valence-corrected chi connectivity index (χ0v) is 16.0. The van der Waals surface area contributed by atoms with Crippen molar-refractivity contribution in [3.05, 3.63) is 57.0 Å². The standard InChI is InChI=1S/C20H21N3O3S/c1-13-12-27-20-21-15(10-19(24)23(13)20)11-22-6-2-3-16(22)14-4-5-17-18(9-14)26-8-7-25-17/h4-5,9-10,12,16H,2-3,6-8,11H2,1H3/t16-/m1/s1. The van der Waals surface area contributed by atoms with Gasteiger partial charge < -0.3 is 9.47 Å². The molecule has 0 bridgehead atoms. The molecule has 3 aromatic rings. The Labute approximate surface area is 161 Å². The summed E-state index contributed by atoms with van der Waals surface area (Å²) in [6.45, 7) is 4.82. The maximum absolute atomic E-state index is 12.4. The Morgan fingerprint density at radius 3 is 2.96 bits per heavy atom. The number of fused-ring (bicyclic) bond motifs is 2. The number of thiazole rings is 1. The molecule has 1 atom stereocenters. The molecule has 1 saturated heterocycles. The summed E-state index contributed by atoms with van der Waals surface area (Å²) in [4.78, 5) is 20.3. The lowest BCUT2D eigenvalue weighted by Crippen LogP contribution is -2.25. The minimum absolute atomic E-state index is 0.00354. The summed E-state index contributed by atoms with van der Waals surface area (Å²) < 4.78 is 13.1. The number of aromatic nitrogens is 2. The van der Waals surface area contributed by atoms with E-state index in [-0.39, 0.29) is 5.56 Å². The molecule has 0 spiro atoms. The van der Waals surface area contributed by atoms with Crippen molar-refractivity contribution < 1.29 is 9.47 Å². The van der Waals surface area contributed by atoms with Crippen molar-refractivity contribution in [2.75, 3.05) is 19.8 Å². The Balaban J connectivity index is 1.42. The van der Waals surface area contributed by atoms with Crippen LogP contribution in [-0.2, 0) is 6.54 Å². The summed E-state index contributed by atoms with van der Waals surface area (Å²) >= 11 is 1.52. The fourth-order valence-electron chi connectivity index (χ4n) is 4.05. The summed E-state index contributed by atoms with van der Waals surface area (Å²) in [5.41, 5.74) is 3.02. The molecule has 0 radical (unpaired) electrons. The molecule has 7 heteroatoms. The van der Waals surface area contributed by atoms with E-state index in [9.17, 15) is 4.79 Å². The van der Waals surface area contributed by atoms with Gasteiger partial charge in [0.05, 0.1) is 5.69 Å². The van der Waals surface area contributed by atoms with Crippen LogP contribution in [-0.4, -0.2) is 34.0 Å². The highest BCUT2D eigenvalue weighted by atomic mass is 32.1. The topological polar surface area (TPSA) is 56.1 Å². The highest BCUT2D eigenvalue weighted by Gasteiger charge is 2.28. The third-order valence-corrected chi connectivity index (χ3v) is 6.25. The van der Waals surface area contributed by atoms with Crippen LogP contribution in [0.1, 0.15) is 35.8 Å². The van der Waals surface area contributed by atoms with Gasteiger partial charge in [-0.05, 0) is 44.0 Å². The normalized spacial score (nSPS) is 19.7. The van der Waals surface area contributed by atoms with E-state index in [4.69, 9.17) is 14.5 Å². The van der Waals surface area contributed by atoms with Crippen LogP contribution >= 0.6 is 11.3 Å². The van der Waals surface area contributed by atoms with Gasteiger partial charge in [0, 0.05) is 29.7 Å². The van der Waals surface area contributed by atoms with E-state index in [0.717, 1.165) is 47.2 Å². The molecule has 2 aromatic heterocycles. The van der Waals surface area contributed by atoms with Gasteiger partial charge in [0.2, 0.25) is 0 Å². The first-order valence-corrected chi connectivity index (χ1v) is 10.2. The summed E-state index contributed by atoms with van der Waals surface area (Å²) in [6, 6.07) is 8.22. The van der Waals surface area contributed by atoms with Gasteiger partial charge in [0.1, 0.15) is 13.2 Å². The average molecular weight is 383 g/mol. The van der Waals surface area contributed by atoms with Crippen LogP contribution in [0.15, 0.2) is 34.4 Å². The molecule has 4 heterocycles. The zero-order chi connectivity index (χ0) is 18.4. The van der Waals surface area contributed by atoms with Crippen molar-refractivity contribution in [1.82, 2.24) is 14.3 Å². The highest BCUT2D eigenvalue weighted by Crippen LogP contribution is 2.38. The van der Waals surface area contributed by atoms with E-state index < -0.39 is 0 Å². The number of hydrogen-bond donors (Lipinski definition) is 0. The van der Waals surface area contributed by atoms with Crippen molar-refractivity contribution in [3.63, 3.8) is 0 Å². The third kappa shape index (κ3) is 3.00. The second-order valence-corrected chi connectivity index (χ2v) is 7.95. The number of aryl methyl sites for hydroxylation is 1. The molecule has 0 amide bonds. The maximum atomic E-state index is 12.4. The van der Waals surface area contributed by atoms with Crippen LogP contribution in [0, 0.1) is 6.92 Å². The maximum Gasteiger partial charge on any atom is 0.259 e. The zero-order valence-electron chi connectivity index (χ0n) is 15.2.